The average molecular weight is 330 g/mol. The van der Waals surface area contributed by atoms with Gasteiger partial charge in [-0.05, 0) is 31.6 Å². The lowest BCUT2D eigenvalue weighted by molar-refractivity contribution is 0.322. The number of likely N-dealkylation sites (tertiary alicyclic amines) is 1. The smallest absolute Gasteiger partial charge is 0.214 e. The van der Waals surface area contributed by atoms with Gasteiger partial charge in [0.2, 0.25) is 10.0 Å². The monoisotopic (exact) mass is 330 g/mol. The number of nitrogens with one attached hydrogen (secondary N) is 1. The Morgan fingerprint density at radius 1 is 1.32 bits per heavy atom. The summed E-state index contributed by atoms with van der Waals surface area (Å²) in [5, 5.41) is 3.34. The van der Waals surface area contributed by atoms with Crippen molar-refractivity contribution in [1.82, 2.24) is 14.5 Å². The van der Waals surface area contributed by atoms with Gasteiger partial charge in [0.1, 0.15) is 0 Å². The van der Waals surface area contributed by atoms with E-state index in [0.717, 1.165) is 32.0 Å². The van der Waals surface area contributed by atoms with E-state index in [1.165, 1.54) is 12.8 Å². The summed E-state index contributed by atoms with van der Waals surface area (Å²) in [7, 11) is -3.01. The van der Waals surface area contributed by atoms with Crippen LogP contribution in [-0.4, -0.2) is 68.6 Å². The van der Waals surface area contributed by atoms with E-state index in [1.54, 1.807) is 4.31 Å². The van der Waals surface area contributed by atoms with Crippen molar-refractivity contribution in [2.24, 2.45) is 10.4 Å². The normalized spacial score (nSPS) is 29.2. The predicted molar refractivity (Wildman–Crippen MR) is 90.5 cm³/mol. The van der Waals surface area contributed by atoms with Crippen LogP contribution in [0.1, 0.15) is 40.0 Å². The molecule has 0 amide bonds. The fraction of sp³-hybridized carbons (Fsp3) is 0.933. The molecule has 2 rings (SSSR count). The maximum Gasteiger partial charge on any atom is 0.214 e. The molecule has 0 aromatic heterocycles. The van der Waals surface area contributed by atoms with Gasteiger partial charge >= 0.3 is 0 Å². The minimum atomic E-state index is -3.01. The first-order valence-electron chi connectivity index (χ1n) is 8.41. The summed E-state index contributed by atoms with van der Waals surface area (Å²) < 4.78 is 25.2. The molecule has 0 radical (unpaired) electrons. The van der Waals surface area contributed by atoms with Gasteiger partial charge in [0.25, 0.3) is 0 Å². The highest BCUT2D eigenvalue weighted by Gasteiger charge is 2.33. The molecule has 2 fully saturated rings. The molecule has 7 heteroatoms. The molecule has 0 aliphatic carbocycles. The standard InChI is InChI=1S/C15H30N4O2S/c1-4-15(3)7-10-18(13-15)14(16-5-2)17-8-11-19-9-6-12-22(19,20)21/h4-13H2,1-3H3,(H,16,17). The molecule has 2 aliphatic rings. The van der Waals surface area contributed by atoms with Crippen LogP contribution in [-0.2, 0) is 10.0 Å². The van der Waals surface area contributed by atoms with E-state index in [4.69, 9.17) is 0 Å². The molecular weight excluding hydrogens is 300 g/mol. The molecule has 0 spiro atoms. The Balaban J connectivity index is 1.93. The van der Waals surface area contributed by atoms with Gasteiger partial charge in [0, 0.05) is 32.7 Å². The van der Waals surface area contributed by atoms with E-state index in [-0.39, 0.29) is 5.75 Å². The highest BCUT2D eigenvalue weighted by molar-refractivity contribution is 7.89. The van der Waals surface area contributed by atoms with Gasteiger partial charge in [0.05, 0.1) is 12.3 Å². The zero-order valence-electron chi connectivity index (χ0n) is 14.1. The van der Waals surface area contributed by atoms with Crippen LogP contribution in [0.5, 0.6) is 0 Å². The number of aliphatic imine (C=N–C) groups is 1. The van der Waals surface area contributed by atoms with E-state index in [1.807, 2.05) is 0 Å². The first-order chi connectivity index (χ1) is 10.4. The molecule has 22 heavy (non-hydrogen) atoms. The predicted octanol–water partition coefficient (Wildman–Crippen LogP) is 1.11. The molecule has 6 nitrogen and oxygen atoms in total. The number of sulfonamides is 1. The van der Waals surface area contributed by atoms with Gasteiger partial charge in [-0.25, -0.2) is 12.7 Å². The summed E-state index contributed by atoms with van der Waals surface area (Å²) >= 11 is 0. The van der Waals surface area contributed by atoms with Crippen LogP contribution >= 0.6 is 0 Å². The molecule has 0 saturated carbocycles. The lowest BCUT2D eigenvalue weighted by atomic mass is 9.87. The first kappa shape index (κ1) is 17.5. The highest BCUT2D eigenvalue weighted by atomic mass is 32.2. The summed E-state index contributed by atoms with van der Waals surface area (Å²) in [6, 6.07) is 0. The van der Waals surface area contributed by atoms with Gasteiger partial charge < -0.3 is 10.2 Å². The van der Waals surface area contributed by atoms with Crippen molar-refractivity contribution in [3.63, 3.8) is 0 Å². The van der Waals surface area contributed by atoms with E-state index in [0.29, 0.717) is 25.0 Å². The molecule has 1 atom stereocenters. The van der Waals surface area contributed by atoms with Crippen LogP contribution in [0.25, 0.3) is 0 Å². The Morgan fingerprint density at radius 3 is 2.64 bits per heavy atom. The molecule has 1 unspecified atom stereocenters. The number of hydrogen-bond donors (Lipinski definition) is 1. The Bertz CT molecular complexity index is 506. The lowest BCUT2D eigenvalue weighted by Gasteiger charge is -2.25. The van der Waals surface area contributed by atoms with E-state index < -0.39 is 10.0 Å². The fourth-order valence-electron chi connectivity index (χ4n) is 3.13. The van der Waals surface area contributed by atoms with Gasteiger partial charge in [-0.1, -0.05) is 13.8 Å². The van der Waals surface area contributed by atoms with Crippen molar-refractivity contribution in [2.75, 3.05) is 45.0 Å². The summed E-state index contributed by atoms with van der Waals surface area (Å²) in [6.45, 7) is 11.2. The largest absolute Gasteiger partial charge is 0.357 e. The maximum atomic E-state index is 11.8. The fourth-order valence-corrected chi connectivity index (χ4v) is 4.65. The minimum Gasteiger partial charge on any atom is -0.357 e. The molecule has 128 valence electrons. The molecule has 0 aromatic carbocycles. The Morgan fingerprint density at radius 2 is 2.09 bits per heavy atom. The zero-order valence-corrected chi connectivity index (χ0v) is 15.0. The SMILES string of the molecule is CCNC(=NCCN1CCCS1(=O)=O)N1CCC(C)(CC)C1. The average Bonchev–Trinajstić information content (AvgIpc) is 3.02. The van der Waals surface area contributed by atoms with Crippen LogP contribution in [0.15, 0.2) is 4.99 Å². The molecular formula is C15H30N4O2S. The van der Waals surface area contributed by atoms with Crippen molar-refractivity contribution in [3.8, 4) is 0 Å². The van der Waals surface area contributed by atoms with Crippen molar-refractivity contribution in [3.05, 3.63) is 0 Å². The summed E-state index contributed by atoms with van der Waals surface area (Å²) in [4.78, 5) is 6.96. The van der Waals surface area contributed by atoms with Crippen LogP contribution in [0.2, 0.25) is 0 Å². The third-order valence-electron chi connectivity index (χ3n) is 4.86. The van der Waals surface area contributed by atoms with E-state index in [2.05, 4.69) is 36.0 Å². The minimum absolute atomic E-state index is 0.289. The molecule has 0 bridgehead atoms. The van der Waals surface area contributed by atoms with Crippen molar-refractivity contribution in [1.29, 1.82) is 0 Å². The first-order valence-corrected chi connectivity index (χ1v) is 10.0. The van der Waals surface area contributed by atoms with E-state index >= 15 is 0 Å². The van der Waals surface area contributed by atoms with Gasteiger partial charge in [-0.3, -0.25) is 4.99 Å². The molecule has 0 aromatic rings. The number of rotatable bonds is 5. The summed E-state index contributed by atoms with van der Waals surface area (Å²) in [6.07, 6.45) is 3.11. The van der Waals surface area contributed by atoms with Gasteiger partial charge in [-0.15, -0.1) is 0 Å². The van der Waals surface area contributed by atoms with Crippen molar-refractivity contribution < 1.29 is 8.42 Å². The zero-order chi connectivity index (χ0) is 16.2. The third kappa shape index (κ3) is 4.13. The van der Waals surface area contributed by atoms with Gasteiger partial charge in [0.15, 0.2) is 5.96 Å². The van der Waals surface area contributed by atoms with Crippen LogP contribution < -0.4 is 5.32 Å². The van der Waals surface area contributed by atoms with Gasteiger partial charge in [-0.2, -0.15) is 0 Å². The quantitative estimate of drug-likeness (QED) is 0.606. The molecule has 1 N–H and O–H groups in total. The van der Waals surface area contributed by atoms with Crippen molar-refractivity contribution in [2.45, 2.75) is 40.0 Å². The summed E-state index contributed by atoms with van der Waals surface area (Å²) in [5.41, 5.74) is 0.370. The Labute approximate surface area is 135 Å². The number of hydrogen-bond acceptors (Lipinski definition) is 3. The Kier molecular flexibility index (Phi) is 5.71. The lowest BCUT2D eigenvalue weighted by Crippen LogP contribution is -2.41. The third-order valence-corrected chi connectivity index (χ3v) is 6.82. The second-order valence-corrected chi connectivity index (χ2v) is 8.73. The number of guanidine groups is 1. The second-order valence-electron chi connectivity index (χ2n) is 6.64. The second kappa shape index (κ2) is 7.17. The Hall–Kier alpha value is -0.820. The molecule has 2 aliphatic heterocycles. The van der Waals surface area contributed by atoms with Crippen LogP contribution in [0.4, 0.5) is 0 Å². The highest BCUT2D eigenvalue weighted by Crippen LogP contribution is 2.32. The van der Waals surface area contributed by atoms with Crippen LogP contribution in [0, 0.1) is 5.41 Å². The molecule has 2 heterocycles. The molecule has 2 saturated heterocycles. The maximum absolute atomic E-state index is 11.8. The van der Waals surface area contributed by atoms with Crippen LogP contribution in [0.3, 0.4) is 0 Å². The number of nitrogens with zero attached hydrogens (tertiary/aromatic N) is 3. The summed E-state index contributed by atoms with van der Waals surface area (Å²) in [5.74, 6) is 1.22. The topological polar surface area (TPSA) is 65.0 Å². The van der Waals surface area contributed by atoms with E-state index in [9.17, 15) is 8.42 Å². The van der Waals surface area contributed by atoms with Crippen molar-refractivity contribution >= 4 is 16.0 Å².